The van der Waals surface area contributed by atoms with Gasteiger partial charge in [-0.3, -0.25) is 5.32 Å². The zero-order valence-electron chi connectivity index (χ0n) is 21.4. The number of alkyl halides is 6. The van der Waals surface area contributed by atoms with E-state index >= 15 is 0 Å². The van der Waals surface area contributed by atoms with E-state index in [-0.39, 0.29) is 30.3 Å². The average Bonchev–Trinajstić information content (AvgIpc) is 3.06. The second kappa shape index (κ2) is 11.4. The molecule has 39 heavy (non-hydrogen) atoms. The Kier molecular flexibility index (Phi) is 8.35. The molecule has 0 fully saturated rings. The minimum Gasteiger partial charge on any atom is -0.383 e. The second-order valence-electron chi connectivity index (χ2n) is 9.36. The van der Waals surface area contributed by atoms with Crippen molar-refractivity contribution in [3.63, 3.8) is 0 Å². The molecule has 2 aromatic heterocycles. The molecule has 0 saturated carbocycles. The molecule has 2 aliphatic rings. The van der Waals surface area contributed by atoms with Crippen LogP contribution >= 0.6 is 0 Å². The fraction of sp³-hybridized carbons (Fsp3) is 0.480. The summed E-state index contributed by atoms with van der Waals surface area (Å²) in [5.41, 5.74) is 0.737. The summed E-state index contributed by atoms with van der Waals surface area (Å²) < 4.78 is 84.3. The molecule has 14 heteroatoms. The van der Waals surface area contributed by atoms with Crippen LogP contribution < -0.4 is 20.9 Å². The maximum absolute atomic E-state index is 13.7. The van der Waals surface area contributed by atoms with E-state index in [0.717, 1.165) is 23.5 Å². The van der Waals surface area contributed by atoms with E-state index in [2.05, 4.69) is 25.9 Å². The van der Waals surface area contributed by atoms with Crippen molar-refractivity contribution in [1.29, 1.82) is 0 Å². The van der Waals surface area contributed by atoms with Gasteiger partial charge in [0, 0.05) is 56.8 Å². The van der Waals surface area contributed by atoms with Crippen molar-refractivity contribution >= 4 is 17.5 Å². The summed E-state index contributed by atoms with van der Waals surface area (Å²) in [6.45, 7) is 3.19. The third-order valence-corrected chi connectivity index (χ3v) is 6.29. The van der Waals surface area contributed by atoms with Crippen molar-refractivity contribution in [2.45, 2.75) is 44.3 Å². The Balaban J connectivity index is 1.59. The van der Waals surface area contributed by atoms with Crippen molar-refractivity contribution in [3.05, 3.63) is 59.1 Å². The number of nitrogens with one attached hydrogen (secondary N) is 3. The molecule has 0 amide bonds. The quantitative estimate of drug-likeness (QED) is 0.342. The Morgan fingerprint density at radius 3 is 2.51 bits per heavy atom. The van der Waals surface area contributed by atoms with Gasteiger partial charge in [0.2, 0.25) is 0 Å². The van der Waals surface area contributed by atoms with Crippen molar-refractivity contribution in [3.8, 4) is 0 Å². The van der Waals surface area contributed by atoms with Crippen LogP contribution in [0.4, 0.5) is 38.0 Å². The molecular formula is C25H29F6N7O. The van der Waals surface area contributed by atoms with Gasteiger partial charge in [-0.25, -0.2) is 15.0 Å². The van der Waals surface area contributed by atoms with E-state index in [1.54, 1.807) is 18.9 Å². The summed E-state index contributed by atoms with van der Waals surface area (Å²) in [5.74, 6) is -0.407. The standard InChI is InChI=1S/C25H29F6N7O/c1-23(34-10-13-39-2)36-19-8-12-38(22-18(25(29,30)31)4-3-9-32-22)11-7-17(19)21(37-23)35-20-6-5-16(15-33-20)14-24(26,27)28/h3-6,9,15,34,36H,7-8,10-14H2,1-2H3,(H,33,35,37). The van der Waals surface area contributed by atoms with Gasteiger partial charge in [-0.2, -0.15) is 26.3 Å². The lowest BCUT2D eigenvalue weighted by Crippen LogP contribution is -2.56. The van der Waals surface area contributed by atoms with E-state index in [4.69, 9.17) is 9.73 Å². The van der Waals surface area contributed by atoms with Crippen molar-refractivity contribution in [2.75, 3.05) is 43.6 Å². The number of aliphatic imine (C=N–C) groups is 1. The van der Waals surface area contributed by atoms with Crippen LogP contribution in [0.2, 0.25) is 0 Å². The number of aromatic nitrogens is 2. The Morgan fingerprint density at radius 2 is 1.85 bits per heavy atom. The number of hydrogen-bond acceptors (Lipinski definition) is 8. The summed E-state index contributed by atoms with van der Waals surface area (Å²) >= 11 is 0. The van der Waals surface area contributed by atoms with Crippen LogP contribution in [0.25, 0.3) is 0 Å². The molecular weight excluding hydrogens is 528 g/mol. The number of halogens is 6. The lowest BCUT2D eigenvalue weighted by molar-refractivity contribution is -0.137. The van der Waals surface area contributed by atoms with Crippen LogP contribution in [-0.4, -0.2) is 61.1 Å². The number of methoxy groups -OCH3 is 1. The molecule has 4 heterocycles. The number of pyridine rings is 2. The third kappa shape index (κ3) is 7.38. The van der Waals surface area contributed by atoms with E-state index in [1.165, 1.54) is 24.4 Å². The van der Waals surface area contributed by atoms with Crippen LogP contribution in [-0.2, 0) is 17.3 Å². The molecule has 2 aromatic rings. The monoisotopic (exact) mass is 557 g/mol. The van der Waals surface area contributed by atoms with Gasteiger partial charge in [0.05, 0.1) is 18.6 Å². The summed E-state index contributed by atoms with van der Waals surface area (Å²) in [7, 11) is 1.57. The zero-order valence-corrected chi connectivity index (χ0v) is 21.4. The zero-order chi connectivity index (χ0) is 28.3. The van der Waals surface area contributed by atoms with Crippen LogP contribution in [0.5, 0.6) is 0 Å². The van der Waals surface area contributed by atoms with Crippen LogP contribution in [0.15, 0.2) is 52.9 Å². The van der Waals surface area contributed by atoms with Crippen molar-refractivity contribution in [2.24, 2.45) is 4.99 Å². The highest BCUT2D eigenvalue weighted by atomic mass is 19.4. The van der Waals surface area contributed by atoms with Gasteiger partial charge in [-0.05, 0) is 37.1 Å². The van der Waals surface area contributed by atoms with Crippen molar-refractivity contribution < 1.29 is 31.1 Å². The minimum absolute atomic E-state index is 0.0206. The first-order valence-corrected chi connectivity index (χ1v) is 12.3. The number of amidine groups is 1. The molecule has 0 aliphatic carbocycles. The molecule has 4 rings (SSSR count). The third-order valence-electron chi connectivity index (χ3n) is 6.29. The molecule has 0 aromatic carbocycles. The van der Waals surface area contributed by atoms with Crippen molar-refractivity contribution in [1.82, 2.24) is 20.6 Å². The Labute approximate surface area is 221 Å². The maximum Gasteiger partial charge on any atom is 0.419 e. The summed E-state index contributed by atoms with van der Waals surface area (Å²) in [6, 6.07) is 5.05. The summed E-state index contributed by atoms with van der Waals surface area (Å²) in [6.07, 6.45) is -6.80. The highest BCUT2D eigenvalue weighted by Gasteiger charge is 2.38. The number of rotatable bonds is 7. The highest BCUT2D eigenvalue weighted by Crippen LogP contribution is 2.36. The number of anilines is 2. The molecule has 8 nitrogen and oxygen atoms in total. The topological polar surface area (TPSA) is 86.7 Å². The molecule has 0 radical (unpaired) electrons. The molecule has 0 bridgehead atoms. The SMILES string of the molecule is COCCNC1(C)N=C(Nc2ccc(CC(F)(F)F)cn2)C2=C(CCN(c3ncccc3C(F)(F)F)CC2)N1. The summed E-state index contributed by atoms with van der Waals surface area (Å²) in [5, 5.41) is 9.73. The van der Waals surface area contributed by atoms with Crippen LogP contribution in [0.3, 0.4) is 0 Å². The molecule has 2 aliphatic heterocycles. The summed E-state index contributed by atoms with van der Waals surface area (Å²) in [4.78, 5) is 14.5. The first kappa shape index (κ1) is 28.6. The fourth-order valence-electron chi connectivity index (χ4n) is 4.54. The fourth-order valence-corrected chi connectivity index (χ4v) is 4.54. The highest BCUT2D eigenvalue weighted by molar-refractivity contribution is 6.08. The van der Waals surface area contributed by atoms with E-state index < -0.39 is 30.1 Å². The Morgan fingerprint density at radius 1 is 1.08 bits per heavy atom. The van der Waals surface area contributed by atoms with E-state index in [1.807, 2.05) is 0 Å². The molecule has 0 spiro atoms. The molecule has 1 atom stereocenters. The first-order chi connectivity index (χ1) is 18.4. The lowest BCUT2D eigenvalue weighted by atomic mass is 10.0. The van der Waals surface area contributed by atoms with Gasteiger partial charge in [-0.15, -0.1) is 0 Å². The molecule has 1 unspecified atom stereocenters. The smallest absolute Gasteiger partial charge is 0.383 e. The lowest BCUT2D eigenvalue weighted by Gasteiger charge is -2.36. The normalized spacial score (nSPS) is 20.2. The number of hydrogen-bond donors (Lipinski definition) is 3. The van der Waals surface area contributed by atoms with E-state index in [0.29, 0.717) is 31.8 Å². The predicted octanol–water partition coefficient (Wildman–Crippen LogP) is 4.48. The minimum atomic E-state index is -4.55. The van der Waals surface area contributed by atoms with Crippen LogP contribution in [0, 0.1) is 0 Å². The van der Waals surface area contributed by atoms with E-state index in [9.17, 15) is 26.3 Å². The second-order valence-corrected chi connectivity index (χ2v) is 9.36. The van der Waals surface area contributed by atoms with Gasteiger partial charge in [0.1, 0.15) is 17.5 Å². The van der Waals surface area contributed by atoms with Gasteiger partial charge in [-0.1, -0.05) is 6.07 Å². The van der Waals surface area contributed by atoms with Gasteiger partial charge in [0.25, 0.3) is 0 Å². The predicted molar refractivity (Wildman–Crippen MR) is 134 cm³/mol. The number of nitrogens with zero attached hydrogens (tertiary/aromatic N) is 4. The first-order valence-electron chi connectivity index (χ1n) is 12.3. The molecule has 3 N–H and O–H groups in total. The largest absolute Gasteiger partial charge is 0.419 e. The maximum atomic E-state index is 13.7. The Hall–Kier alpha value is -3.39. The van der Waals surface area contributed by atoms with Crippen LogP contribution in [0.1, 0.15) is 30.9 Å². The number of ether oxygens (including phenoxy) is 1. The molecule has 212 valence electrons. The Bertz CT molecular complexity index is 1210. The van der Waals surface area contributed by atoms with Gasteiger partial charge in [0.15, 0.2) is 5.79 Å². The van der Waals surface area contributed by atoms with Gasteiger partial charge < -0.3 is 20.3 Å². The van der Waals surface area contributed by atoms with Gasteiger partial charge >= 0.3 is 12.4 Å². The average molecular weight is 558 g/mol. The molecule has 0 saturated heterocycles.